The van der Waals surface area contributed by atoms with Gasteiger partial charge in [0.25, 0.3) is 0 Å². The summed E-state index contributed by atoms with van der Waals surface area (Å²) >= 11 is 0. The van der Waals surface area contributed by atoms with Crippen LogP contribution >= 0.6 is 0 Å². The summed E-state index contributed by atoms with van der Waals surface area (Å²) in [7, 11) is -2.02. The van der Waals surface area contributed by atoms with Crippen molar-refractivity contribution in [3.63, 3.8) is 0 Å². The molecule has 1 aliphatic rings. The highest BCUT2D eigenvalue weighted by molar-refractivity contribution is 7.89. The van der Waals surface area contributed by atoms with Gasteiger partial charge in [0.1, 0.15) is 5.82 Å². The van der Waals surface area contributed by atoms with Gasteiger partial charge in [-0.05, 0) is 30.1 Å². The van der Waals surface area contributed by atoms with Crippen molar-refractivity contribution in [2.45, 2.75) is 19.2 Å². The maximum atomic E-state index is 12.4. The van der Waals surface area contributed by atoms with Crippen LogP contribution in [-0.4, -0.2) is 71.3 Å². The van der Waals surface area contributed by atoms with Crippen LogP contribution in [0.4, 0.5) is 5.82 Å². The lowest BCUT2D eigenvalue weighted by Crippen LogP contribution is -2.46. The molecule has 3 aromatic rings. The Morgan fingerprint density at radius 1 is 1.03 bits per heavy atom. The maximum absolute atomic E-state index is 12.4. The number of fused-ring (bicyclic) bond motifs is 1. The van der Waals surface area contributed by atoms with Crippen LogP contribution in [0.15, 0.2) is 59.5 Å². The molecule has 1 N–H and O–H groups in total. The van der Waals surface area contributed by atoms with Crippen LogP contribution in [0.3, 0.4) is 0 Å². The first kappa shape index (κ1) is 25.1. The zero-order valence-corrected chi connectivity index (χ0v) is 19.4. The van der Waals surface area contributed by atoms with Gasteiger partial charge in [-0.3, -0.25) is 0 Å². The molecule has 0 bridgehead atoms. The van der Waals surface area contributed by atoms with E-state index in [-0.39, 0.29) is 18.9 Å². The third-order valence-electron chi connectivity index (χ3n) is 5.90. The molecule has 0 amide bonds. The van der Waals surface area contributed by atoms with Crippen molar-refractivity contribution in [1.82, 2.24) is 14.6 Å². The van der Waals surface area contributed by atoms with Crippen molar-refractivity contribution in [3.05, 3.63) is 54.6 Å². The van der Waals surface area contributed by atoms with E-state index in [1.807, 2.05) is 24.3 Å². The molecular weight excluding hydrogens is 436 g/mol. The minimum absolute atomic E-state index is 0. The number of hydrogen-bond acceptors (Lipinski definition) is 6. The zero-order valence-electron chi connectivity index (χ0n) is 18.6. The number of sulfonamides is 1. The fourth-order valence-electron chi connectivity index (χ4n) is 4.01. The molecule has 1 aliphatic heterocycles. The van der Waals surface area contributed by atoms with Gasteiger partial charge in [-0.25, -0.2) is 18.1 Å². The van der Waals surface area contributed by atoms with Crippen LogP contribution in [0.1, 0.15) is 14.4 Å². The Kier molecular flexibility index (Phi) is 8.42. The third-order valence-corrected chi connectivity index (χ3v) is 7.37. The van der Waals surface area contributed by atoms with Crippen molar-refractivity contribution in [2.24, 2.45) is 0 Å². The molecule has 7 nitrogen and oxygen atoms in total. The Morgan fingerprint density at radius 2 is 1.73 bits per heavy atom. The van der Waals surface area contributed by atoms with E-state index in [0.717, 1.165) is 60.6 Å². The Bertz CT molecular complexity index is 1160. The Morgan fingerprint density at radius 3 is 2.39 bits per heavy atom. The van der Waals surface area contributed by atoms with Crippen LogP contribution in [-0.2, 0) is 14.8 Å². The van der Waals surface area contributed by atoms with Gasteiger partial charge in [0.2, 0.25) is 10.0 Å². The van der Waals surface area contributed by atoms with Crippen LogP contribution < -0.4 is 9.62 Å². The van der Waals surface area contributed by atoms with Crippen molar-refractivity contribution >= 4 is 26.6 Å². The fourth-order valence-corrected chi connectivity index (χ4v) is 5.02. The number of benzene rings is 2. The van der Waals surface area contributed by atoms with Gasteiger partial charge in [0, 0.05) is 50.8 Å². The van der Waals surface area contributed by atoms with Crippen LogP contribution in [0.2, 0.25) is 0 Å². The van der Waals surface area contributed by atoms with Gasteiger partial charge in [0.05, 0.1) is 17.2 Å². The van der Waals surface area contributed by atoms with E-state index in [0.29, 0.717) is 6.61 Å². The van der Waals surface area contributed by atoms with E-state index in [2.05, 4.69) is 39.6 Å². The molecule has 0 aliphatic carbocycles. The monoisotopic (exact) mass is 470 g/mol. The van der Waals surface area contributed by atoms with Crippen molar-refractivity contribution in [3.8, 4) is 11.3 Å². The quantitative estimate of drug-likeness (QED) is 0.507. The SMILES string of the molecule is C.CCN1CCN(c2nc(-c3ccc(S(=O)(=O)NCCOC)cc3)cc3ccccc23)CC1. The Hall–Kier alpha value is -2.52. The minimum Gasteiger partial charge on any atom is -0.383 e. The first-order valence-corrected chi connectivity index (χ1v) is 12.5. The highest BCUT2D eigenvalue weighted by Gasteiger charge is 2.20. The number of aromatic nitrogens is 1. The summed E-state index contributed by atoms with van der Waals surface area (Å²) in [6.07, 6.45) is 0. The first-order valence-electron chi connectivity index (χ1n) is 11.0. The number of rotatable bonds is 8. The average molecular weight is 471 g/mol. The molecule has 4 rings (SSSR count). The molecule has 178 valence electrons. The summed E-state index contributed by atoms with van der Waals surface area (Å²) in [5, 5.41) is 2.27. The summed E-state index contributed by atoms with van der Waals surface area (Å²) in [4.78, 5) is 10.1. The van der Waals surface area contributed by atoms with Crippen molar-refractivity contribution < 1.29 is 13.2 Å². The van der Waals surface area contributed by atoms with Crippen LogP contribution in [0.25, 0.3) is 22.0 Å². The summed E-state index contributed by atoms with van der Waals surface area (Å²) in [6, 6.07) is 17.3. The van der Waals surface area contributed by atoms with Gasteiger partial charge >= 0.3 is 0 Å². The molecular formula is C25H34N4O3S. The maximum Gasteiger partial charge on any atom is 0.240 e. The van der Waals surface area contributed by atoms with Crippen molar-refractivity contribution in [1.29, 1.82) is 0 Å². The lowest BCUT2D eigenvalue weighted by Gasteiger charge is -2.35. The largest absolute Gasteiger partial charge is 0.383 e. The topological polar surface area (TPSA) is 74.8 Å². The lowest BCUT2D eigenvalue weighted by molar-refractivity contribution is 0.204. The molecule has 0 unspecified atom stereocenters. The Balaban J connectivity index is 0.00000306. The molecule has 1 fully saturated rings. The van der Waals surface area contributed by atoms with Gasteiger partial charge in [-0.1, -0.05) is 50.7 Å². The number of hydrogen-bond donors (Lipinski definition) is 1. The second-order valence-corrected chi connectivity index (χ2v) is 9.66. The van der Waals surface area contributed by atoms with E-state index in [9.17, 15) is 8.42 Å². The predicted molar refractivity (Wildman–Crippen MR) is 135 cm³/mol. The lowest BCUT2D eigenvalue weighted by atomic mass is 10.1. The van der Waals surface area contributed by atoms with E-state index < -0.39 is 10.0 Å². The first-order chi connectivity index (χ1) is 15.5. The third kappa shape index (κ3) is 5.70. The van der Waals surface area contributed by atoms with Crippen molar-refractivity contribution in [2.75, 3.05) is 57.9 Å². The summed E-state index contributed by atoms with van der Waals surface area (Å²) in [5.74, 6) is 0.992. The van der Waals surface area contributed by atoms with E-state index in [1.165, 1.54) is 7.11 Å². The average Bonchev–Trinajstić information content (AvgIpc) is 2.83. The standard InChI is InChI=1S/C24H30N4O3S.CH4/c1-3-27-13-15-28(16-14-27)24-22-7-5-4-6-20(22)18-23(26-24)19-8-10-21(11-9-19)32(29,30)25-12-17-31-2;/h4-11,18,25H,3,12-17H2,1-2H3;1H4. The van der Waals surface area contributed by atoms with Gasteiger partial charge in [0.15, 0.2) is 0 Å². The zero-order chi connectivity index (χ0) is 22.6. The number of ether oxygens (including phenoxy) is 1. The molecule has 1 saturated heterocycles. The molecule has 8 heteroatoms. The predicted octanol–water partition coefficient (Wildman–Crippen LogP) is 3.60. The second-order valence-electron chi connectivity index (χ2n) is 7.89. The van der Waals surface area contributed by atoms with Gasteiger partial charge in [-0.15, -0.1) is 0 Å². The highest BCUT2D eigenvalue weighted by Crippen LogP contribution is 2.31. The molecule has 2 heterocycles. The van der Waals surface area contributed by atoms with E-state index >= 15 is 0 Å². The Labute approximate surface area is 197 Å². The van der Waals surface area contributed by atoms with Gasteiger partial charge < -0.3 is 14.5 Å². The summed E-state index contributed by atoms with van der Waals surface area (Å²) in [6.45, 7) is 7.77. The molecule has 0 spiro atoms. The smallest absolute Gasteiger partial charge is 0.240 e. The summed E-state index contributed by atoms with van der Waals surface area (Å²) < 4.78 is 32.4. The molecule has 33 heavy (non-hydrogen) atoms. The molecule has 0 atom stereocenters. The number of nitrogens with zero attached hydrogens (tertiary/aromatic N) is 3. The van der Waals surface area contributed by atoms with E-state index in [1.54, 1.807) is 12.1 Å². The second kappa shape index (κ2) is 11.1. The highest BCUT2D eigenvalue weighted by atomic mass is 32.2. The van der Waals surface area contributed by atoms with Gasteiger partial charge in [-0.2, -0.15) is 0 Å². The van der Waals surface area contributed by atoms with Crippen LogP contribution in [0, 0.1) is 0 Å². The molecule has 1 aromatic heterocycles. The molecule has 0 saturated carbocycles. The molecule has 0 radical (unpaired) electrons. The number of piperazine rings is 1. The normalized spacial score (nSPS) is 14.9. The number of methoxy groups -OCH3 is 1. The fraction of sp³-hybridized carbons (Fsp3) is 0.400. The summed E-state index contributed by atoms with van der Waals surface area (Å²) in [5.41, 5.74) is 1.73. The van der Waals surface area contributed by atoms with E-state index in [4.69, 9.17) is 9.72 Å². The number of anilines is 1. The number of pyridine rings is 1. The number of nitrogens with one attached hydrogen (secondary N) is 1. The van der Waals surface area contributed by atoms with Crippen LogP contribution in [0.5, 0.6) is 0 Å². The minimum atomic E-state index is -3.56. The molecule has 2 aromatic carbocycles. The number of likely N-dealkylation sites (N-methyl/N-ethyl adjacent to an activating group) is 1.